The molecule has 0 aromatic heterocycles. The summed E-state index contributed by atoms with van der Waals surface area (Å²) in [5, 5.41) is 0. The lowest BCUT2D eigenvalue weighted by Gasteiger charge is -2.33. The molecule has 0 bridgehead atoms. The number of piperidine rings is 1. The summed E-state index contributed by atoms with van der Waals surface area (Å²) in [5.41, 5.74) is 0. The summed E-state index contributed by atoms with van der Waals surface area (Å²) in [6.45, 7) is 8.45. The molecule has 1 rings (SSSR count). The number of ether oxygens (including phenoxy) is 3. The molecular formula is C12H25NO3. The first-order chi connectivity index (χ1) is 7.80. The van der Waals surface area contributed by atoms with Crippen LogP contribution in [-0.4, -0.2) is 57.3 Å². The zero-order chi connectivity index (χ0) is 11.8. The van der Waals surface area contributed by atoms with Crippen molar-refractivity contribution in [3.05, 3.63) is 0 Å². The second-order valence-corrected chi connectivity index (χ2v) is 4.08. The zero-order valence-corrected chi connectivity index (χ0v) is 10.8. The van der Waals surface area contributed by atoms with E-state index < -0.39 is 0 Å². The van der Waals surface area contributed by atoms with Crippen LogP contribution in [0.5, 0.6) is 0 Å². The Kier molecular flexibility index (Phi) is 6.96. The fourth-order valence-corrected chi connectivity index (χ4v) is 2.06. The third-order valence-electron chi connectivity index (χ3n) is 2.98. The van der Waals surface area contributed by atoms with Crippen molar-refractivity contribution in [1.29, 1.82) is 0 Å². The van der Waals surface area contributed by atoms with Crippen molar-refractivity contribution in [2.75, 3.05) is 40.0 Å². The number of methoxy groups -OCH3 is 1. The molecule has 4 nitrogen and oxygen atoms in total. The number of hydrogen-bond acceptors (Lipinski definition) is 4. The minimum atomic E-state index is -0.0749. The molecule has 16 heavy (non-hydrogen) atoms. The number of hydrogen-bond donors (Lipinski definition) is 0. The van der Waals surface area contributed by atoms with Gasteiger partial charge in [0.1, 0.15) is 0 Å². The van der Waals surface area contributed by atoms with Crippen LogP contribution in [0.4, 0.5) is 0 Å². The summed E-state index contributed by atoms with van der Waals surface area (Å²) in [4.78, 5) is 2.39. The Bertz CT molecular complexity index is 164. The minimum absolute atomic E-state index is 0.0749. The Labute approximate surface area is 98.8 Å². The molecular weight excluding hydrogens is 206 g/mol. The third-order valence-corrected chi connectivity index (χ3v) is 2.98. The van der Waals surface area contributed by atoms with Crippen LogP contribution in [0.2, 0.25) is 0 Å². The minimum Gasteiger partial charge on any atom is -0.381 e. The summed E-state index contributed by atoms with van der Waals surface area (Å²) >= 11 is 0. The van der Waals surface area contributed by atoms with E-state index in [1.165, 1.54) is 0 Å². The topological polar surface area (TPSA) is 30.9 Å². The Morgan fingerprint density at radius 3 is 2.12 bits per heavy atom. The summed E-state index contributed by atoms with van der Waals surface area (Å²) in [6, 6.07) is 0. The fraction of sp³-hybridized carbons (Fsp3) is 1.00. The molecule has 1 fully saturated rings. The maximum Gasteiger partial charge on any atom is 0.170 e. The van der Waals surface area contributed by atoms with E-state index in [0.717, 1.165) is 32.5 Å². The van der Waals surface area contributed by atoms with Crippen LogP contribution >= 0.6 is 0 Å². The first kappa shape index (κ1) is 13.9. The van der Waals surface area contributed by atoms with Crippen LogP contribution in [0.3, 0.4) is 0 Å². The van der Waals surface area contributed by atoms with E-state index in [-0.39, 0.29) is 6.29 Å². The molecule has 0 atom stereocenters. The summed E-state index contributed by atoms with van der Waals surface area (Å²) in [5.74, 6) is 0. The molecule has 1 heterocycles. The Morgan fingerprint density at radius 1 is 1.12 bits per heavy atom. The predicted molar refractivity (Wildman–Crippen MR) is 63.5 cm³/mol. The highest BCUT2D eigenvalue weighted by Gasteiger charge is 2.21. The van der Waals surface area contributed by atoms with E-state index in [1.54, 1.807) is 7.11 Å². The third kappa shape index (κ3) is 4.78. The molecule has 0 N–H and O–H groups in total. The van der Waals surface area contributed by atoms with Gasteiger partial charge in [0, 0.05) is 40.0 Å². The van der Waals surface area contributed by atoms with E-state index in [0.29, 0.717) is 19.3 Å². The van der Waals surface area contributed by atoms with Crippen LogP contribution in [0, 0.1) is 0 Å². The second-order valence-electron chi connectivity index (χ2n) is 4.08. The Balaban J connectivity index is 2.24. The van der Waals surface area contributed by atoms with Gasteiger partial charge in [-0.15, -0.1) is 0 Å². The Hall–Kier alpha value is -0.160. The molecule has 0 aromatic rings. The van der Waals surface area contributed by atoms with Crippen LogP contribution in [-0.2, 0) is 14.2 Å². The molecule has 0 spiro atoms. The lowest BCUT2D eigenvalue weighted by molar-refractivity contribution is -0.150. The lowest BCUT2D eigenvalue weighted by atomic mass is 10.1. The molecule has 1 aliphatic heterocycles. The van der Waals surface area contributed by atoms with Gasteiger partial charge in [0.05, 0.1) is 6.10 Å². The monoisotopic (exact) mass is 231 g/mol. The summed E-state index contributed by atoms with van der Waals surface area (Å²) in [6.07, 6.45) is 2.59. The van der Waals surface area contributed by atoms with Gasteiger partial charge in [-0.3, -0.25) is 4.90 Å². The molecule has 0 saturated carbocycles. The number of rotatable bonds is 7. The summed E-state index contributed by atoms with van der Waals surface area (Å²) in [7, 11) is 1.80. The maximum absolute atomic E-state index is 5.54. The molecule has 0 radical (unpaired) electrons. The fourth-order valence-electron chi connectivity index (χ4n) is 2.06. The van der Waals surface area contributed by atoms with Crippen molar-refractivity contribution in [1.82, 2.24) is 4.90 Å². The highest BCUT2D eigenvalue weighted by atomic mass is 16.7. The first-order valence-electron chi connectivity index (χ1n) is 6.28. The quantitative estimate of drug-likeness (QED) is 0.621. The zero-order valence-electron chi connectivity index (χ0n) is 10.8. The largest absolute Gasteiger partial charge is 0.381 e. The van der Waals surface area contributed by atoms with Crippen molar-refractivity contribution in [3.63, 3.8) is 0 Å². The van der Waals surface area contributed by atoms with Gasteiger partial charge in [-0.25, -0.2) is 0 Å². The van der Waals surface area contributed by atoms with E-state index in [2.05, 4.69) is 4.90 Å². The van der Waals surface area contributed by atoms with Gasteiger partial charge in [-0.1, -0.05) is 0 Å². The lowest BCUT2D eigenvalue weighted by Crippen LogP contribution is -2.42. The average Bonchev–Trinajstić information content (AvgIpc) is 2.31. The molecule has 4 heteroatoms. The molecule has 1 saturated heterocycles. The molecule has 0 aliphatic carbocycles. The normalized spacial score (nSPS) is 19.5. The van der Waals surface area contributed by atoms with Gasteiger partial charge >= 0.3 is 0 Å². The standard InChI is InChI=1S/C12H25NO3/c1-4-15-12(16-5-2)10-13-8-6-11(14-3)7-9-13/h11-12H,4-10H2,1-3H3. The van der Waals surface area contributed by atoms with Gasteiger partial charge in [-0.05, 0) is 26.7 Å². The smallest absolute Gasteiger partial charge is 0.170 e. The maximum atomic E-state index is 5.54. The highest BCUT2D eigenvalue weighted by molar-refractivity contribution is 4.72. The molecule has 96 valence electrons. The number of likely N-dealkylation sites (tertiary alicyclic amines) is 1. The van der Waals surface area contributed by atoms with Crippen molar-refractivity contribution in [3.8, 4) is 0 Å². The van der Waals surface area contributed by atoms with E-state index in [4.69, 9.17) is 14.2 Å². The van der Waals surface area contributed by atoms with E-state index in [1.807, 2.05) is 13.8 Å². The van der Waals surface area contributed by atoms with Crippen molar-refractivity contribution in [2.45, 2.75) is 39.1 Å². The SMILES string of the molecule is CCOC(CN1CCC(OC)CC1)OCC. The predicted octanol–water partition coefficient (Wildman–Crippen LogP) is 1.50. The van der Waals surface area contributed by atoms with E-state index >= 15 is 0 Å². The van der Waals surface area contributed by atoms with Crippen LogP contribution in [0.15, 0.2) is 0 Å². The van der Waals surface area contributed by atoms with Gasteiger partial charge in [0.2, 0.25) is 0 Å². The van der Waals surface area contributed by atoms with Gasteiger partial charge in [0.15, 0.2) is 6.29 Å². The van der Waals surface area contributed by atoms with Crippen molar-refractivity contribution in [2.24, 2.45) is 0 Å². The molecule has 0 unspecified atom stereocenters. The van der Waals surface area contributed by atoms with Crippen LogP contribution in [0.25, 0.3) is 0 Å². The molecule has 1 aliphatic rings. The van der Waals surface area contributed by atoms with E-state index in [9.17, 15) is 0 Å². The Morgan fingerprint density at radius 2 is 1.69 bits per heavy atom. The van der Waals surface area contributed by atoms with Gasteiger partial charge in [0.25, 0.3) is 0 Å². The molecule has 0 aromatic carbocycles. The van der Waals surface area contributed by atoms with Crippen molar-refractivity contribution >= 4 is 0 Å². The second kappa shape index (κ2) is 8.01. The number of nitrogens with zero attached hydrogens (tertiary/aromatic N) is 1. The molecule has 0 amide bonds. The first-order valence-corrected chi connectivity index (χ1v) is 6.28. The van der Waals surface area contributed by atoms with Crippen molar-refractivity contribution < 1.29 is 14.2 Å². The summed E-state index contributed by atoms with van der Waals surface area (Å²) < 4.78 is 16.4. The van der Waals surface area contributed by atoms with Crippen LogP contribution in [0.1, 0.15) is 26.7 Å². The van der Waals surface area contributed by atoms with Gasteiger partial charge < -0.3 is 14.2 Å². The highest BCUT2D eigenvalue weighted by Crippen LogP contribution is 2.13. The van der Waals surface area contributed by atoms with Crippen LogP contribution < -0.4 is 0 Å². The van der Waals surface area contributed by atoms with Gasteiger partial charge in [-0.2, -0.15) is 0 Å². The average molecular weight is 231 g/mol.